The number of carbonyl (C=O) groups is 1. The molecule has 1 N–H and O–H groups in total. The summed E-state index contributed by atoms with van der Waals surface area (Å²) >= 11 is 5.50. The van der Waals surface area contributed by atoms with E-state index in [9.17, 15) is 4.79 Å². The van der Waals surface area contributed by atoms with Gasteiger partial charge in [-0.15, -0.1) is 11.6 Å². The maximum Gasteiger partial charge on any atom is 0.221 e. The van der Waals surface area contributed by atoms with Crippen molar-refractivity contribution in [1.82, 2.24) is 10.3 Å². The lowest BCUT2D eigenvalue weighted by molar-refractivity contribution is -0.120. The summed E-state index contributed by atoms with van der Waals surface area (Å²) in [6.45, 7) is 0.616. The normalized spacial score (nSPS) is 10.5. The lowest BCUT2D eigenvalue weighted by atomic mass is 10.1. The van der Waals surface area contributed by atoms with Gasteiger partial charge in [0.1, 0.15) is 0 Å². The van der Waals surface area contributed by atoms with Crippen molar-refractivity contribution in [2.24, 2.45) is 0 Å². The molecule has 0 saturated carbocycles. The number of para-hydroxylation sites is 1. The molecule has 0 spiro atoms. The zero-order chi connectivity index (χ0) is 12.8. The van der Waals surface area contributed by atoms with Gasteiger partial charge in [-0.2, -0.15) is 0 Å². The summed E-state index contributed by atoms with van der Waals surface area (Å²) in [5.41, 5.74) is 2.16. The first kappa shape index (κ1) is 12.8. The predicted molar refractivity (Wildman–Crippen MR) is 73.8 cm³/mol. The topological polar surface area (TPSA) is 42.0 Å². The molecule has 2 rings (SSSR count). The van der Waals surface area contributed by atoms with Gasteiger partial charge in [0.05, 0.1) is 5.52 Å². The molecular formula is C14H15ClN2O. The number of hydrogen-bond donors (Lipinski definition) is 1. The lowest BCUT2D eigenvalue weighted by Gasteiger charge is -2.06. The van der Waals surface area contributed by atoms with E-state index >= 15 is 0 Å². The summed E-state index contributed by atoms with van der Waals surface area (Å²) in [6, 6.07) is 10.1. The van der Waals surface area contributed by atoms with E-state index < -0.39 is 0 Å². The Morgan fingerprint density at radius 1 is 1.28 bits per heavy atom. The number of benzene rings is 1. The average molecular weight is 263 g/mol. The SMILES string of the molecule is O=C(CCCl)NCCc1cccc2cccnc12. The van der Waals surface area contributed by atoms with E-state index in [-0.39, 0.29) is 5.91 Å². The summed E-state index contributed by atoms with van der Waals surface area (Å²) < 4.78 is 0. The van der Waals surface area contributed by atoms with Crippen molar-refractivity contribution in [3.63, 3.8) is 0 Å². The van der Waals surface area contributed by atoms with Crippen LogP contribution in [0.15, 0.2) is 36.5 Å². The minimum absolute atomic E-state index is 0.00167. The molecule has 0 saturated heterocycles. The third kappa shape index (κ3) is 3.20. The van der Waals surface area contributed by atoms with Crippen LogP contribution in [0.2, 0.25) is 0 Å². The quantitative estimate of drug-likeness (QED) is 0.842. The van der Waals surface area contributed by atoms with Crippen molar-refractivity contribution in [3.05, 3.63) is 42.1 Å². The van der Waals surface area contributed by atoms with Gasteiger partial charge in [0.2, 0.25) is 5.91 Å². The molecule has 1 aromatic heterocycles. The van der Waals surface area contributed by atoms with Gasteiger partial charge in [-0.3, -0.25) is 9.78 Å². The van der Waals surface area contributed by atoms with Crippen molar-refractivity contribution in [2.75, 3.05) is 12.4 Å². The zero-order valence-corrected chi connectivity index (χ0v) is 10.8. The molecule has 4 heteroatoms. The van der Waals surface area contributed by atoms with Crippen LogP contribution in [0.5, 0.6) is 0 Å². The van der Waals surface area contributed by atoms with Crippen molar-refractivity contribution < 1.29 is 4.79 Å². The Morgan fingerprint density at radius 3 is 2.94 bits per heavy atom. The molecule has 1 amide bonds. The summed E-state index contributed by atoms with van der Waals surface area (Å²) in [6.07, 6.45) is 2.94. The van der Waals surface area contributed by atoms with Crippen molar-refractivity contribution in [1.29, 1.82) is 0 Å². The molecule has 0 unspecified atom stereocenters. The molecule has 2 aromatic rings. The molecule has 0 aliphatic heterocycles. The fraction of sp³-hybridized carbons (Fsp3) is 0.286. The van der Waals surface area contributed by atoms with E-state index in [2.05, 4.69) is 10.3 Å². The first-order valence-corrected chi connectivity index (χ1v) is 6.50. The second-order valence-corrected chi connectivity index (χ2v) is 4.41. The first-order chi connectivity index (χ1) is 8.81. The van der Waals surface area contributed by atoms with E-state index in [1.165, 1.54) is 0 Å². The van der Waals surface area contributed by atoms with Gasteiger partial charge in [0.15, 0.2) is 0 Å². The Bertz CT molecular complexity index is 537. The van der Waals surface area contributed by atoms with Crippen LogP contribution in [0.4, 0.5) is 0 Å². The fourth-order valence-corrected chi connectivity index (χ4v) is 2.05. The second-order valence-electron chi connectivity index (χ2n) is 4.03. The summed E-state index contributed by atoms with van der Waals surface area (Å²) in [4.78, 5) is 15.7. The minimum Gasteiger partial charge on any atom is -0.356 e. The number of rotatable bonds is 5. The number of fused-ring (bicyclic) bond motifs is 1. The molecule has 3 nitrogen and oxygen atoms in total. The predicted octanol–water partition coefficient (Wildman–Crippen LogP) is 2.52. The fourth-order valence-electron chi connectivity index (χ4n) is 1.88. The molecule has 1 heterocycles. The third-order valence-electron chi connectivity index (χ3n) is 2.75. The summed E-state index contributed by atoms with van der Waals surface area (Å²) in [7, 11) is 0. The van der Waals surface area contributed by atoms with E-state index in [0.29, 0.717) is 18.8 Å². The molecule has 0 atom stereocenters. The maximum absolute atomic E-state index is 11.3. The third-order valence-corrected chi connectivity index (χ3v) is 2.94. The number of nitrogens with zero attached hydrogens (tertiary/aromatic N) is 1. The Kier molecular flexibility index (Phi) is 4.53. The maximum atomic E-state index is 11.3. The Labute approximate surface area is 111 Å². The molecule has 1 aromatic carbocycles. The molecule has 94 valence electrons. The molecule has 0 bridgehead atoms. The highest BCUT2D eigenvalue weighted by atomic mass is 35.5. The van der Waals surface area contributed by atoms with Gasteiger partial charge in [-0.05, 0) is 18.1 Å². The summed E-state index contributed by atoms with van der Waals surface area (Å²) in [5, 5.41) is 3.97. The van der Waals surface area contributed by atoms with Gasteiger partial charge in [0, 0.05) is 30.4 Å². The highest BCUT2D eigenvalue weighted by Gasteiger charge is 2.03. The van der Waals surface area contributed by atoms with Gasteiger partial charge >= 0.3 is 0 Å². The molecule has 0 radical (unpaired) electrons. The number of nitrogens with one attached hydrogen (secondary N) is 1. The van der Waals surface area contributed by atoms with Gasteiger partial charge in [-0.25, -0.2) is 0 Å². The molecule has 0 fully saturated rings. The van der Waals surface area contributed by atoms with Gasteiger partial charge in [-0.1, -0.05) is 24.3 Å². The van der Waals surface area contributed by atoms with E-state index in [0.717, 1.165) is 22.9 Å². The summed E-state index contributed by atoms with van der Waals surface area (Å²) in [5.74, 6) is 0.361. The number of pyridine rings is 1. The van der Waals surface area contributed by atoms with Crippen molar-refractivity contribution in [2.45, 2.75) is 12.8 Å². The van der Waals surface area contributed by atoms with Crippen LogP contribution in [0.1, 0.15) is 12.0 Å². The molecule has 0 aliphatic carbocycles. The van der Waals surface area contributed by atoms with Crippen LogP contribution in [-0.4, -0.2) is 23.3 Å². The molecule has 18 heavy (non-hydrogen) atoms. The smallest absolute Gasteiger partial charge is 0.221 e. The minimum atomic E-state index is -0.00167. The number of alkyl halides is 1. The van der Waals surface area contributed by atoms with Crippen LogP contribution in [-0.2, 0) is 11.2 Å². The molecular weight excluding hydrogens is 248 g/mol. The number of hydrogen-bond acceptors (Lipinski definition) is 2. The Morgan fingerprint density at radius 2 is 2.11 bits per heavy atom. The van der Waals surface area contributed by atoms with E-state index in [1.54, 1.807) is 6.20 Å². The highest BCUT2D eigenvalue weighted by Crippen LogP contribution is 2.15. The van der Waals surface area contributed by atoms with Gasteiger partial charge in [0.25, 0.3) is 0 Å². The van der Waals surface area contributed by atoms with E-state index in [1.807, 2.05) is 30.3 Å². The number of carbonyl (C=O) groups excluding carboxylic acids is 1. The Balaban J connectivity index is 2.01. The van der Waals surface area contributed by atoms with Crippen LogP contribution < -0.4 is 5.32 Å². The average Bonchev–Trinajstić information content (AvgIpc) is 2.39. The van der Waals surface area contributed by atoms with Crippen molar-refractivity contribution in [3.8, 4) is 0 Å². The standard InChI is InChI=1S/C14H15ClN2O/c15-8-6-13(18)16-10-7-12-4-1-3-11-5-2-9-17-14(11)12/h1-5,9H,6-8,10H2,(H,16,18). The largest absolute Gasteiger partial charge is 0.356 e. The van der Waals surface area contributed by atoms with Crippen molar-refractivity contribution >= 4 is 28.4 Å². The zero-order valence-electron chi connectivity index (χ0n) is 10.0. The van der Waals surface area contributed by atoms with Crippen LogP contribution in [0.3, 0.4) is 0 Å². The number of halogens is 1. The Hall–Kier alpha value is -1.61. The molecule has 0 aliphatic rings. The number of aromatic nitrogens is 1. The first-order valence-electron chi connectivity index (χ1n) is 5.96. The monoisotopic (exact) mass is 262 g/mol. The lowest BCUT2D eigenvalue weighted by Crippen LogP contribution is -2.25. The van der Waals surface area contributed by atoms with Crippen LogP contribution >= 0.6 is 11.6 Å². The number of amides is 1. The second kappa shape index (κ2) is 6.36. The van der Waals surface area contributed by atoms with E-state index in [4.69, 9.17) is 11.6 Å². The van der Waals surface area contributed by atoms with Gasteiger partial charge < -0.3 is 5.32 Å². The van der Waals surface area contributed by atoms with Crippen LogP contribution in [0, 0.1) is 0 Å². The van der Waals surface area contributed by atoms with Crippen LogP contribution in [0.25, 0.3) is 10.9 Å². The highest BCUT2D eigenvalue weighted by molar-refractivity contribution is 6.18.